The Labute approximate surface area is 126 Å². The summed E-state index contributed by atoms with van der Waals surface area (Å²) in [5.74, 6) is 0. The van der Waals surface area contributed by atoms with Crippen molar-refractivity contribution in [3.63, 3.8) is 0 Å². The van der Waals surface area contributed by atoms with Gasteiger partial charge in [-0.05, 0) is 38.1 Å². The fourth-order valence-corrected chi connectivity index (χ4v) is 3.26. The van der Waals surface area contributed by atoms with Crippen LogP contribution >= 0.6 is 23.2 Å². The maximum Gasteiger partial charge on any atom is 0.0441 e. The zero-order valence-electron chi connectivity index (χ0n) is 11.5. The molecule has 0 saturated heterocycles. The standard InChI is InChI=1S/C15H22Cl2N2/c1-19(15-5-3-2-4-6-15)8-7-18-14-10-12(16)9-13(17)11-14/h9-11,15,18H,2-8H2,1H3. The molecule has 1 aliphatic carbocycles. The highest BCUT2D eigenvalue weighted by atomic mass is 35.5. The van der Waals surface area contributed by atoms with Crippen LogP contribution in [0, 0.1) is 0 Å². The lowest BCUT2D eigenvalue weighted by molar-refractivity contribution is 0.198. The molecule has 0 radical (unpaired) electrons. The zero-order chi connectivity index (χ0) is 13.7. The molecule has 0 bridgehead atoms. The van der Waals surface area contributed by atoms with Crippen LogP contribution in [0.3, 0.4) is 0 Å². The Morgan fingerprint density at radius 3 is 2.37 bits per heavy atom. The first kappa shape index (κ1) is 15.0. The Morgan fingerprint density at radius 2 is 1.74 bits per heavy atom. The molecule has 2 rings (SSSR count). The molecule has 1 fully saturated rings. The van der Waals surface area contributed by atoms with E-state index in [0.29, 0.717) is 10.0 Å². The summed E-state index contributed by atoms with van der Waals surface area (Å²) in [4.78, 5) is 2.47. The molecule has 0 aromatic heterocycles. The molecule has 0 spiro atoms. The Kier molecular flexibility index (Phi) is 5.80. The lowest BCUT2D eigenvalue weighted by atomic mass is 9.94. The van der Waals surface area contributed by atoms with Crippen LogP contribution in [-0.2, 0) is 0 Å². The van der Waals surface area contributed by atoms with Crippen molar-refractivity contribution in [3.8, 4) is 0 Å². The minimum absolute atomic E-state index is 0.677. The number of anilines is 1. The van der Waals surface area contributed by atoms with Gasteiger partial charge in [-0.3, -0.25) is 0 Å². The third-order valence-electron chi connectivity index (χ3n) is 3.85. The zero-order valence-corrected chi connectivity index (χ0v) is 13.0. The normalized spacial score (nSPS) is 16.8. The van der Waals surface area contributed by atoms with Crippen LogP contribution in [0.5, 0.6) is 0 Å². The van der Waals surface area contributed by atoms with E-state index < -0.39 is 0 Å². The molecule has 1 aliphatic rings. The number of hydrogen-bond donors (Lipinski definition) is 1. The highest BCUT2D eigenvalue weighted by Crippen LogP contribution is 2.23. The van der Waals surface area contributed by atoms with Gasteiger partial charge in [0.05, 0.1) is 0 Å². The summed E-state index contributed by atoms with van der Waals surface area (Å²) in [6, 6.07) is 6.34. The molecule has 0 unspecified atom stereocenters. The highest BCUT2D eigenvalue weighted by Gasteiger charge is 2.17. The van der Waals surface area contributed by atoms with Crippen molar-refractivity contribution in [2.45, 2.75) is 38.1 Å². The molecule has 0 aliphatic heterocycles. The van der Waals surface area contributed by atoms with E-state index in [-0.39, 0.29) is 0 Å². The van der Waals surface area contributed by atoms with Crippen LogP contribution in [0.1, 0.15) is 32.1 Å². The fourth-order valence-electron chi connectivity index (χ4n) is 2.74. The van der Waals surface area contributed by atoms with Crippen LogP contribution in [0.15, 0.2) is 18.2 Å². The van der Waals surface area contributed by atoms with Crippen LogP contribution in [-0.4, -0.2) is 31.1 Å². The molecule has 1 aromatic carbocycles. The summed E-state index contributed by atoms with van der Waals surface area (Å²) in [6.07, 6.45) is 6.86. The van der Waals surface area contributed by atoms with Gasteiger partial charge in [-0.15, -0.1) is 0 Å². The second-order valence-corrected chi connectivity index (χ2v) is 6.23. The molecule has 1 N–H and O–H groups in total. The van der Waals surface area contributed by atoms with Crippen LogP contribution < -0.4 is 5.32 Å². The van der Waals surface area contributed by atoms with Gasteiger partial charge >= 0.3 is 0 Å². The Bertz CT molecular complexity index is 383. The van der Waals surface area contributed by atoms with Gasteiger partial charge in [0.25, 0.3) is 0 Å². The van der Waals surface area contributed by atoms with Gasteiger partial charge in [0.1, 0.15) is 0 Å². The Morgan fingerprint density at radius 1 is 1.11 bits per heavy atom. The first-order valence-corrected chi connectivity index (χ1v) is 7.81. The molecule has 1 saturated carbocycles. The summed E-state index contributed by atoms with van der Waals surface area (Å²) < 4.78 is 0. The third-order valence-corrected chi connectivity index (χ3v) is 4.29. The first-order chi connectivity index (χ1) is 9.15. The predicted octanol–water partition coefficient (Wildman–Crippen LogP) is 4.67. The van der Waals surface area contributed by atoms with Crippen LogP contribution in [0.25, 0.3) is 0 Å². The molecule has 106 valence electrons. The van der Waals surface area contributed by atoms with E-state index in [1.54, 1.807) is 6.07 Å². The van der Waals surface area contributed by atoms with Crippen molar-refractivity contribution < 1.29 is 0 Å². The summed E-state index contributed by atoms with van der Waals surface area (Å²) in [5.41, 5.74) is 0.995. The van der Waals surface area contributed by atoms with E-state index in [2.05, 4.69) is 17.3 Å². The van der Waals surface area contributed by atoms with E-state index in [1.807, 2.05) is 12.1 Å². The van der Waals surface area contributed by atoms with E-state index in [9.17, 15) is 0 Å². The maximum atomic E-state index is 5.98. The molecule has 0 amide bonds. The van der Waals surface area contributed by atoms with E-state index in [4.69, 9.17) is 23.2 Å². The molecular formula is C15H22Cl2N2. The largest absolute Gasteiger partial charge is 0.384 e. The van der Waals surface area contributed by atoms with Gasteiger partial charge in [0.15, 0.2) is 0 Å². The number of likely N-dealkylation sites (N-methyl/N-ethyl adjacent to an activating group) is 1. The number of rotatable bonds is 5. The summed E-state index contributed by atoms with van der Waals surface area (Å²) in [7, 11) is 2.22. The van der Waals surface area contributed by atoms with Crippen molar-refractivity contribution in [2.24, 2.45) is 0 Å². The van der Waals surface area contributed by atoms with Gasteiger partial charge in [0.2, 0.25) is 0 Å². The molecule has 19 heavy (non-hydrogen) atoms. The topological polar surface area (TPSA) is 15.3 Å². The fraction of sp³-hybridized carbons (Fsp3) is 0.600. The third kappa shape index (κ3) is 4.87. The van der Waals surface area contributed by atoms with Crippen LogP contribution in [0.4, 0.5) is 5.69 Å². The van der Waals surface area contributed by atoms with Crippen molar-refractivity contribution in [1.29, 1.82) is 0 Å². The van der Waals surface area contributed by atoms with Gasteiger partial charge < -0.3 is 10.2 Å². The number of hydrogen-bond acceptors (Lipinski definition) is 2. The van der Waals surface area contributed by atoms with Crippen molar-refractivity contribution >= 4 is 28.9 Å². The van der Waals surface area contributed by atoms with Gasteiger partial charge in [0, 0.05) is 34.9 Å². The van der Waals surface area contributed by atoms with Gasteiger partial charge in [-0.25, -0.2) is 0 Å². The predicted molar refractivity (Wildman–Crippen MR) is 84.5 cm³/mol. The van der Waals surface area contributed by atoms with E-state index >= 15 is 0 Å². The van der Waals surface area contributed by atoms with Crippen LogP contribution in [0.2, 0.25) is 10.0 Å². The lowest BCUT2D eigenvalue weighted by Gasteiger charge is -2.31. The summed E-state index contributed by atoms with van der Waals surface area (Å²) in [5, 5.41) is 4.74. The SMILES string of the molecule is CN(CCNc1cc(Cl)cc(Cl)c1)C1CCCCC1. The number of nitrogens with one attached hydrogen (secondary N) is 1. The second kappa shape index (κ2) is 7.37. The Balaban J connectivity index is 1.76. The molecular weight excluding hydrogens is 279 g/mol. The first-order valence-electron chi connectivity index (χ1n) is 7.05. The smallest absolute Gasteiger partial charge is 0.0441 e. The highest BCUT2D eigenvalue weighted by molar-refractivity contribution is 6.35. The van der Waals surface area contributed by atoms with Crippen molar-refractivity contribution in [1.82, 2.24) is 4.90 Å². The average molecular weight is 301 g/mol. The quantitative estimate of drug-likeness (QED) is 0.850. The average Bonchev–Trinajstić information content (AvgIpc) is 2.38. The number of benzene rings is 1. The summed E-state index contributed by atoms with van der Waals surface area (Å²) in [6.45, 7) is 1.97. The lowest BCUT2D eigenvalue weighted by Crippen LogP contribution is -2.36. The molecule has 0 heterocycles. The molecule has 0 atom stereocenters. The summed E-state index contributed by atoms with van der Waals surface area (Å²) >= 11 is 12.0. The van der Waals surface area contributed by atoms with Crippen molar-refractivity contribution in [2.75, 3.05) is 25.5 Å². The molecule has 4 heteroatoms. The minimum Gasteiger partial charge on any atom is -0.384 e. The number of halogens is 2. The second-order valence-electron chi connectivity index (χ2n) is 5.36. The van der Waals surface area contributed by atoms with Crippen molar-refractivity contribution in [3.05, 3.63) is 28.2 Å². The van der Waals surface area contributed by atoms with Gasteiger partial charge in [-0.1, -0.05) is 42.5 Å². The molecule has 1 aromatic rings. The van der Waals surface area contributed by atoms with Gasteiger partial charge in [-0.2, -0.15) is 0 Å². The maximum absolute atomic E-state index is 5.98. The number of nitrogens with zero attached hydrogens (tertiary/aromatic N) is 1. The minimum atomic E-state index is 0.677. The van der Waals surface area contributed by atoms with E-state index in [1.165, 1.54) is 32.1 Å². The molecule has 2 nitrogen and oxygen atoms in total. The monoisotopic (exact) mass is 300 g/mol. The van der Waals surface area contributed by atoms with E-state index in [0.717, 1.165) is 24.8 Å². The Hall–Kier alpha value is -0.440.